The summed E-state index contributed by atoms with van der Waals surface area (Å²) < 4.78 is 58.7. The number of aliphatic carboxylic acids is 1. The van der Waals surface area contributed by atoms with E-state index in [4.69, 9.17) is 4.74 Å². The van der Waals surface area contributed by atoms with Gasteiger partial charge in [-0.25, -0.2) is 9.18 Å². The van der Waals surface area contributed by atoms with E-state index >= 15 is 0 Å². The fourth-order valence-corrected chi connectivity index (χ4v) is 3.48. The van der Waals surface area contributed by atoms with Crippen molar-refractivity contribution in [3.05, 3.63) is 70.4 Å². The van der Waals surface area contributed by atoms with E-state index in [9.17, 15) is 32.6 Å². The Labute approximate surface area is 163 Å². The second kappa shape index (κ2) is 7.31. The number of benzene rings is 2. The number of carboxylic acid groups (broad SMARTS) is 1. The zero-order chi connectivity index (χ0) is 21.5. The summed E-state index contributed by atoms with van der Waals surface area (Å²) in [6.07, 6.45) is -4.61. The minimum atomic E-state index is -4.61. The Balaban J connectivity index is 2.22. The Bertz CT molecular complexity index is 980. The largest absolute Gasteiger partial charge is 0.508 e. The van der Waals surface area contributed by atoms with Gasteiger partial charge in [0.25, 0.3) is 0 Å². The van der Waals surface area contributed by atoms with Gasteiger partial charge in [-0.05, 0) is 35.4 Å². The molecular weight excluding hydrogens is 394 g/mol. The predicted octanol–water partition coefficient (Wildman–Crippen LogP) is 4.62. The molecule has 2 aromatic carbocycles. The number of aromatic hydroxyl groups is 1. The second-order valence-electron chi connectivity index (χ2n) is 6.62. The predicted molar refractivity (Wildman–Crippen MR) is 95.8 cm³/mol. The molecule has 5 nitrogen and oxygen atoms in total. The minimum absolute atomic E-state index is 0.0953. The van der Waals surface area contributed by atoms with Gasteiger partial charge in [-0.15, -0.1) is 0 Å². The number of hydrogen-bond donors (Lipinski definition) is 2. The molecule has 1 aliphatic heterocycles. The van der Waals surface area contributed by atoms with Crippen LogP contribution in [0.5, 0.6) is 5.75 Å². The number of phenolic OH excluding ortho intramolecular Hbond substituents is 1. The number of anilines is 1. The molecule has 0 saturated carbocycles. The van der Waals surface area contributed by atoms with Crippen molar-refractivity contribution in [3.8, 4) is 5.75 Å². The van der Waals surface area contributed by atoms with Crippen LogP contribution in [0.4, 0.5) is 23.2 Å². The van der Waals surface area contributed by atoms with Crippen molar-refractivity contribution in [3.63, 3.8) is 0 Å². The Morgan fingerprint density at radius 1 is 1.21 bits per heavy atom. The highest BCUT2D eigenvalue weighted by molar-refractivity contribution is 5.92. The summed E-state index contributed by atoms with van der Waals surface area (Å²) in [5.41, 5.74) is -0.375. The van der Waals surface area contributed by atoms with Crippen LogP contribution in [0.15, 0.2) is 47.9 Å². The van der Waals surface area contributed by atoms with Crippen LogP contribution in [0.1, 0.15) is 29.5 Å². The van der Waals surface area contributed by atoms with Gasteiger partial charge in [-0.2, -0.15) is 13.2 Å². The Hall–Kier alpha value is -3.23. The first-order valence-electron chi connectivity index (χ1n) is 8.51. The van der Waals surface area contributed by atoms with Gasteiger partial charge in [0.1, 0.15) is 17.1 Å². The lowest BCUT2D eigenvalue weighted by Crippen LogP contribution is -2.33. The minimum Gasteiger partial charge on any atom is -0.508 e. The van der Waals surface area contributed by atoms with E-state index in [1.54, 1.807) is 6.92 Å². The molecule has 1 aliphatic rings. The zero-order valence-electron chi connectivity index (χ0n) is 15.4. The molecule has 0 fully saturated rings. The lowest BCUT2D eigenvalue weighted by molar-refractivity contribution is -0.137. The van der Waals surface area contributed by atoms with Crippen LogP contribution in [-0.2, 0) is 22.3 Å². The maximum Gasteiger partial charge on any atom is 0.416 e. The first kappa shape index (κ1) is 20.5. The monoisotopic (exact) mass is 411 g/mol. The molecule has 1 heterocycles. The van der Waals surface area contributed by atoms with Crippen LogP contribution in [0.2, 0.25) is 0 Å². The number of methoxy groups -OCH3 is 1. The lowest BCUT2D eigenvalue weighted by Gasteiger charge is -2.36. The second-order valence-corrected chi connectivity index (χ2v) is 6.62. The normalized spacial score (nSPS) is 16.6. The summed E-state index contributed by atoms with van der Waals surface area (Å²) in [6, 6.07) is 6.24. The average Bonchev–Trinajstić information content (AvgIpc) is 2.61. The van der Waals surface area contributed by atoms with E-state index in [1.165, 1.54) is 24.1 Å². The quantitative estimate of drug-likeness (QED) is 0.719. The molecular formula is C20H17F4NO4. The summed E-state index contributed by atoms with van der Waals surface area (Å²) in [4.78, 5) is 13.1. The molecule has 29 heavy (non-hydrogen) atoms. The van der Waals surface area contributed by atoms with Crippen LogP contribution in [0.3, 0.4) is 0 Å². The molecule has 9 heteroatoms. The number of nitrogens with zero attached hydrogens (tertiary/aromatic N) is 1. The Kier molecular flexibility index (Phi) is 5.16. The van der Waals surface area contributed by atoms with Crippen LogP contribution in [-0.4, -0.2) is 23.3 Å². The van der Waals surface area contributed by atoms with Crippen molar-refractivity contribution in [2.45, 2.75) is 25.6 Å². The van der Waals surface area contributed by atoms with Gasteiger partial charge in [0.2, 0.25) is 5.88 Å². The molecule has 1 atom stereocenters. The van der Waals surface area contributed by atoms with Crippen molar-refractivity contribution < 1.29 is 37.3 Å². The molecule has 0 amide bonds. The number of phenols is 1. The number of alkyl halides is 3. The number of carboxylic acids is 1. The SMILES string of the molecule is COC1=C(C(=O)O)C(C)c2ccc(C(F)(F)F)cc2N1Cc1cc(O)cc(F)c1. The summed E-state index contributed by atoms with van der Waals surface area (Å²) in [6.45, 7) is 1.34. The molecule has 0 spiro atoms. The third-order valence-corrected chi connectivity index (χ3v) is 4.73. The highest BCUT2D eigenvalue weighted by Gasteiger charge is 2.38. The summed E-state index contributed by atoms with van der Waals surface area (Å²) in [5.74, 6) is -3.28. The van der Waals surface area contributed by atoms with Gasteiger partial charge >= 0.3 is 12.1 Å². The number of rotatable bonds is 4. The van der Waals surface area contributed by atoms with Crippen molar-refractivity contribution in [2.24, 2.45) is 0 Å². The molecule has 0 saturated heterocycles. The van der Waals surface area contributed by atoms with E-state index in [0.717, 1.165) is 24.3 Å². The van der Waals surface area contributed by atoms with Gasteiger partial charge in [0.15, 0.2) is 0 Å². The van der Waals surface area contributed by atoms with Crippen LogP contribution < -0.4 is 4.90 Å². The van der Waals surface area contributed by atoms with Crippen molar-refractivity contribution in [2.75, 3.05) is 12.0 Å². The van der Waals surface area contributed by atoms with Gasteiger partial charge in [0, 0.05) is 17.7 Å². The molecule has 0 radical (unpaired) electrons. The Morgan fingerprint density at radius 2 is 1.90 bits per heavy atom. The number of fused-ring (bicyclic) bond motifs is 1. The first-order chi connectivity index (χ1) is 13.5. The number of hydrogen-bond acceptors (Lipinski definition) is 4. The maximum absolute atomic E-state index is 13.7. The number of halogens is 4. The van der Waals surface area contributed by atoms with Crippen LogP contribution in [0.25, 0.3) is 0 Å². The maximum atomic E-state index is 13.7. The standard InChI is InChI=1S/C20H17F4NO4/c1-10-15-4-3-12(20(22,23)24)7-16(15)25(18(29-2)17(10)19(27)28)9-11-5-13(21)8-14(26)6-11/h3-8,10,26H,9H2,1-2H3,(H,27,28). The molecule has 1 unspecified atom stereocenters. The van der Waals surface area contributed by atoms with E-state index in [1.807, 2.05) is 0 Å². The molecule has 154 valence electrons. The smallest absolute Gasteiger partial charge is 0.416 e. The molecule has 2 N–H and O–H groups in total. The molecule has 0 aromatic heterocycles. The zero-order valence-corrected chi connectivity index (χ0v) is 15.4. The lowest BCUT2D eigenvalue weighted by atomic mass is 9.87. The Morgan fingerprint density at radius 3 is 2.45 bits per heavy atom. The van der Waals surface area contributed by atoms with Crippen molar-refractivity contribution in [1.82, 2.24) is 0 Å². The van der Waals surface area contributed by atoms with E-state index in [2.05, 4.69) is 0 Å². The number of carbonyl (C=O) groups is 1. The fourth-order valence-electron chi connectivity index (χ4n) is 3.48. The van der Waals surface area contributed by atoms with Crippen molar-refractivity contribution >= 4 is 11.7 Å². The fraction of sp³-hybridized carbons (Fsp3) is 0.250. The van der Waals surface area contributed by atoms with E-state index < -0.39 is 29.4 Å². The van der Waals surface area contributed by atoms with Crippen LogP contribution >= 0.6 is 0 Å². The van der Waals surface area contributed by atoms with Crippen LogP contribution in [0, 0.1) is 5.82 Å². The summed E-state index contributed by atoms with van der Waals surface area (Å²) >= 11 is 0. The van der Waals surface area contributed by atoms with Gasteiger partial charge in [-0.3, -0.25) is 0 Å². The average molecular weight is 411 g/mol. The van der Waals surface area contributed by atoms with Crippen molar-refractivity contribution in [1.29, 1.82) is 0 Å². The molecule has 0 bridgehead atoms. The molecule has 2 aromatic rings. The summed E-state index contributed by atoms with van der Waals surface area (Å²) in [5, 5.41) is 19.3. The van der Waals surface area contributed by atoms with Gasteiger partial charge in [-0.1, -0.05) is 13.0 Å². The third-order valence-electron chi connectivity index (χ3n) is 4.73. The van der Waals surface area contributed by atoms with Gasteiger partial charge < -0.3 is 19.8 Å². The van der Waals surface area contributed by atoms with E-state index in [0.29, 0.717) is 5.56 Å². The highest BCUT2D eigenvalue weighted by Crippen LogP contribution is 2.44. The van der Waals surface area contributed by atoms with Gasteiger partial charge in [0.05, 0.1) is 19.2 Å². The molecule has 3 rings (SSSR count). The van der Waals surface area contributed by atoms with E-state index in [-0.39, 0.29) is 35.0 Å². The third kappa shape index (κ3) is 3.85. The highest BCUT2D eigenvalue weighted by atomic mass is 19.4. The number of ether oxygens (including phenoxy) is 1. The topological polar surface area (TPSA) is 70.0 Å². The summed E-state index contributed by atoms with van der Waals surface area (Å²) in [7, 11) is 1.21. The molecule has 0 aliphatic carbocycles. The first-order valence-corrected chi connectivity index (χ1v) is 8.51.